The van der Waals surface area contributed by atoms with Crippen LogP contribution in [0.15, 0.2) is 23.2 Å². The van der Waals surface area contributed by atoms with Crippen LogP contribution in [0.1, 0.15) is 19.8 Å². The van der Waals surface area contributed by atoms with Gasteiger partial charge in [0.15, 0.2) is 0 Å². The highest BCUT2D eigenvalue weighted by Crippen LogP contribution is 2.23. The maximum atomic E-state index is 12.3. The van der Waals surface area contributed by atoms with E-state index >= 15 is 0 Å². The summed E-state index contributed by atoms with van der Waals surface area (Å²) in [4.78, 5) is 4.04. The second kappa shape index (κ2) is 4.92. The summed E-state index contributed by atoms with van der Waals surface area (Å²) in [6.07, 6.45) is 3.32. The number of hydrogen-bond donors (Lipinski definition) is 0. The lowest BCUT2D eigenvalue weighted by atomic mass is 10.0. The minimum Gasteiger partial charge on any atom is -0.243 e. The van der Waals surface area contributed by atoms with Crippen LogP contribution in [0.5, 0.6) is 0 Å². The smallest absolute Gasteiger partial charge is 0.243 e. The highest BCUT2D eigenvalue weighted by atomic mass is 35.5. The number of nitrogens with zero attached hydrogens (tertiary/aromatic N) is 2. The Balaban J connectivity index is 2.26. The fourth-order valence-corrected chi connectivity index (χ4v) is 3.68. The lowest BCUT2D eigenvalue weighted by Gasteiger charge is -2.29. The molecule has 1 saturated heterocycles. The number of pyridine rings is 1. The largest absolute Gasteiger partial charge is 0.244 e. The van der Waals surface area contributed by atoms with Crippen molar-refractivity contribution < 1.29 is 8.42 Å². The zero-order valence-electron chi connectivity index (χ0n) is 9.63. The standard InChI is InChI=1S/C11H15ClN2O2S/c1-9-3-2-6-14(8-9)17(15,16)10-4-5-11(12)13-7-10/h4-5,7,9H,2-3,6,8H2,1H3. The van der Waals surface area contributed by atoms with Crippen molar-refractivity contribution in [1.29, 1.82) is 0 Å². The number of sulfonamides is 1. The Morgan fingerprint density at radius 1 is 1.47 bits per heavy atom. The molecule has 17 heavy (non-hydrogen) atoms. The average Bonchev–Trinajstić information content (AvgIpc) is 2.29. The Morgan fingerprint density at radius 2 is 2.24 bits per heavy atom. The van der Waals surface area contributed by atoms with Gasteiger partial charge in [-0.15, -0.1) is 0 Å². The van der Waals surface area contributed by atoms with Gasteiger partial charge in [0.1, 0.15) is 10.0 Å². The normalized spacial score (nSPS) is 22.6. The van der Waals surface area contributed by atoms with E-state index in [4.69, 9.17) is 11.6 Å². The highest BCUT2D eigenvalue weighted by molar-refractivity contribution is 7.89. The van der Waals surface area contributed by atoms with Crippen molar-refractivity contribution in [2.75, 3.05) is 13.1 Å². The Bertz CT molecular complexity index is 487. The third-order valence-electron chi connectivity index (χ3n) is 2.96. The van der Waals surface area contributed by atoms with Gasteiger partial charge in [-0.25, -0.2) is 13.4 Å². The van der Waals surface area contributed by atoms with Crippen LogP contribution in [0.25, 0.3) is 0 Å². The summed E-state index contributed by atoms with van der Waals surface area (Å²) >= 11 is 5.65. The molecule has 1 aromatic rings. The molecule has 1 unspecified atom stereocenters. The van der Waals surface area contributed by atoms with Crippen LogP contribution in [0, 0.1) is 5.92 Å². The molecule has 1 aliphatic rings. The van der Waals surface area contributed by atoms with E-state index < -0.39 is 10.0 Å². The summed E-state index contributed by atoms with van der Waals surface area (Å²) in [7, 11) is -3.40. The number of rotatable bonds is 2. The average molecular weight is 275 g/mol. The highest BCUT2D eigenvalue weighted by Gasteiger charge is 2.28. The molecule has 0 aliphatic carbocycles. The monoisotopic (exact) mass is 274 g/mol. The Labute approximate surface area is 107 Å². The predicted octanol–water partition coefficient (Wildman–Crippen LogP) is 2.16. The molecule has 0 bridgehead atoms. The minimum absolute atomic E-state index is 0.219. The van der Waals surface area contributed by atoms with Crippen molar-refractivity contribution in [3.8, 4) is 0 Å². The van der Waals surface area contributed by atoms with Gasteiger partial charge in [-0.3, -0.25) is 0 Å². The summed E-state index contributed by atoms with van der Waals surface area (Å²) < 4.78 is 26.1. The quantitative estimate of drug-likeness (QED) is 0.777. The van der Waals surface area contributed by atoms with Gasteiger partial charge in [0.05, 0.1) is 0 Å². The number of hydrogen-bond acceptors (Lipinski definition) is 3. The summed E-state index contributed by atoms with van der Waals surface area (Å²) in [5, 5.41) is 0.302. The first kappa shape index (κ1) is 12.8. The maximum absolute atomic E-state index is 12.3. The molecule has 94 valence electrons. The van der Waals surface area contributed by atoms with Crippen LogP contribution in [-0.4, -0.2) is 30.8 Å². The minimum atomic E-state index is -3.40. The van der Waals surface area contributed by atoms with Gasteiger partial charge in [-0.2, -0.15) is 4.31 Å². The first-order chi connectivity index (χ1) is 8.00. The molecule has 4 nitrogen and oxygen atoms in total. The number of piperidine rings is 1. The maximum Gasteiger partial charge on any atom is 0.244 e. The van der Waals surface area contributed by atoms with E-state index in [-0.39, 0.29) is 4.90 Å². The van der Waals surface area contributed by atoms with Crippen LogP contribution in [0.3, 0.4) is 0 Å². The van der Waals surface area contributed by atoms with E-state index in [1.807, 2.05) is 0 Å². The van der Waals surface area contributed by atoms with Gasteiger partial charge in [-0.05, 0) is 30.9 Å². The molecule has 0 aromatic carbocycles. The summed E-state index contributed by atoms with van der Waals surface area (Å²) in [6.45, 7) is 3.25. The molecule has 0 N–H and O–H groups in total. The SMILES string of the molecule is CC1CCCN(S(=O)(=O)c2ccc(Cl)nc2)C1. The molecule has 2 rings (SSSR count). The third-order valence-corrected chi connectivity index (χ3v) is 5.03. The third kappa shape index (κ3) is 2.78. The molecule has 0 spiro atoms. The number of aromatic nitrogens is 1. The van der Waals surface area contributed by atoms with E-state index in [9.17, 15) is 8.42 Å². The zero-order chi connectivity index (χ0) is 12.5. The van der Waals surface area contributed by atoms with E-state index in [1.165, 1.54) is 22.6 Å². The Kier molecular flexibility index (Phi) is 3.70. The fraction of sp³-hybridized carbons (Fsp3) is 0.545. The fourth-order valence-electron chi connectivity index (χ4n) is 2.03. The zero-order valence-corrected chi connectivity index (χ0v) is 11.2. The van der Waals surface area contributed by atoms with Gasteiger partial charge in [-0.1, -0.05) is 18.5 Å². The Hall–Kier alpha value is -0.650. The van der Waals surface area contributed by atoms with Crippen molar-refractivity contribution >= 4 is 21.6 Å². The van der Waals surface area contributed by atoms with Crippen molar-refractivity contribution in [3.63, 3.8) is 0 Å². The van der Waals surface area contributed by atoms with Crippen LogP contribution < -0.4 is 0 Å². The van der Waals surface area contributed by atoms with Crippen molar-refractivity contribution in [2.24, 2.45) is 5.92 Å². The molecule has 0 amide bonds. The van der Waals surface area contributed by atoms with E-state index in [0.717, 1.165) is 12.8 Å². The number of halogens is 1. The molecule has 6 heteroatoms. The summed E-state index contributed by atoms with van der Waals surface area (Å²) in [5.41, 5.74) is 0. The van der Waals surface area contributed by atoms with Gasteiger partial charge < -0.3 is 0 Å². The van der Waals surface area contributed by atoms with Crippen molar-refractivity contribution in [1.82, 2.24) is 9.29 Å². The second-order valence-electron chi connectivity index (χ2n) is 4.43. The van der Waals surface area contributed by atoms with Crippen molar-refractivity contribution in [3.05, 3.63) is 23.5 Å². The second-order valence-corrected chi connectivity index (χ2v) is 6.75. The van der Waals surface area contributed by atoms with Crippen LogP contribution in [0.2, 0.25) is 5.15 Å². The first-order valence-corrected chi connectivity index (χ1v) is 7.43. The summed E-state index contributed by atoms with van der Waals surface area (Å²) in [5.74, 6) is 0.416. The molecule has 0 radical (unpaired) electrons. The Morgan fingerprint density at radius 3 is 2.82 bits per heavy atom. The molecule has 2 heterocycles. The molecule has 0 saturated carbocycles. The van der Waals surface area contributed by atoms with Crippen LogP contribution in [-0.2, 0) is 10.0 Å². The van der Waals surface area contributed by atoms with E-state index in [1.54, 1.807) is 0 Å². The molecule has 1 atom stereocenters. The van der Waals surface area contributed by atoms with Crippen molar-refractivity contribution in [2.45, 2.75) is 24.7 Å². The lowest BCUT2D eigenvalue weighted by Crippen LogP contribution is -2.39. The van der Waals surface area contributed by atoms with Gasteiger partial charge in [0.2, 0.25) is 10.0 Å². The molecular weight excluding hydrogens is 260 g/mol. The van der Waals surface area contributed by atoms with E-state index in [0.29, 0.717) is 24.2 Å². The topological polar surface area (TPSA) is 50.3 Å². The van der Waals surface area contributed by atoms with E-state index in [2.05, 4.69) is 11.9 Å². The molecule has 1 fully saturated rings. The summed E-state index contributed by atoms with van der Waals surface area (Å²) in [6, 6.07) is 3.01. The van der Waals surface area contributed by atoms with Crippen LogP contribution in [0.4, 0.5) is 0 Å². The van der Waals surface area contributed by atoms with Gasteiger partial charge >= 0.3 is 0 Å². The molecule has 1 aromatic heterocycles. The van der Waals surface area contributed by atoms with Gasteiger partial charge in [0, 0.05) is 19.3 Å². The van der Waals surface area contributed by atoms with Crippen LogP contribution >= 0.6 is 11.6 Å². The predicted molar refractivity (Wildman–Crippen MR) is 66.4 cm³/mol. The molecular formula is C11H15ClN2O2S. The lowest BCUT2D eigenvalue weighted by molar-refractivity contribution is 0.281. The first-order valence-electron chi connectivity index (χ1n) is 5.62. The molecule has 1 aliphatic heterocycles. The van der Waals surface area contributed by atoms with Gasteiger partial charge in [0.25, 0.3) is 0 Å².